The van der Waals surface area contributed by atoms with Crippen molar-refractivity contribution >= 4 is 41.1 Å². The monoisotopic (exact) mass is 466 g/mol. The third-order valence-corrected chi connectivity index (χ3v) is 5.59. The summed E-state index contributed by atoms with van der Waals surface area (Å²) in [5, 5.41) is 2.95. The van der Waals surface area contributed by atoms with Crippen molar-refractivity contribution in [1.82, 2.24) is 14.9 Å². The van der Waals surface area contributed by atoms with Crippen LogP contribution in [-0.2, 0) is 9.53 Å². The minimum Gasteiger partial charge on any atom is -0.461 e. The molecule has 1 aromatic carbocycles. The molecule has 33 heavy (non-hydrogen) atoms. The van der Waals surface area contributed by atoms with E-state index >= 15 is 0 Å². The molecule has 4 rings (SSSR count). The number of carbonyl (C=O) groups is 4. The molecule has 3 amide bonds. The van der Waals surface area contributed by atoms with E-state index in [1.807, 2.05) is 0 Å². The average molecular weight is 466 g/mol. The molecule has 0 atom stereocenters. The zero-order valence-electron chi connectivity index (χ0n) is 17.9. The van der Waals surface area contributed by atoms with E-state index in [0.717, 1.165) is 4.90 Å². The molecule has 0 radical (unpaired) electrons. The van der Waals surface area contributed by atoms with E-state index in [-0.39, 0.29) is 16.7 Å². The first kappa shape index (κ1) is 22.2. The summed E-state index contributed by atoms with van der Waals surface area (Å²) in [4.78, 5) is 58.7. The second-order valence-corrected chi connectivity index (χ2v) is 7.84. The highest BCUT2D eigenvalue weighted by atomic mass is 32.2. The van der Waals surface area contributed by atoms with Crippen molar-refractivity contribution in [3.05, 3.63) is 59.0 Å². The highest BCUT2D eigenvalue weighted by Gasteiger charge is 2.32. The predicted octanol–water partition coefficient (Wildman–Crippen LogP) is 2.79. The highest BCUT2D eigenvalue weighted by molar-refractivity contribution is 7.98. The standard InChI is InChI=1S/C22H18N4O6S/c1-11-17(19(33-3)25-18(23-11)15-5-4-8-31-15)22(30)32-10-16(27)24-12-6-7-13-14(9-12)21(29)26(2)20(13)28/h4-9H,10H2,1-3H3,(H,24,27). The van der Waals surface area contributed by atoms with Crippen LogP contribution in [0.5, 0.6) is 0 Å². The Hall–Kier alpha value is -3.99. The van der Waals surface area contributed by atoms with Gasteiger partial charge in [0, 0.05) is 12.7 Å². The number of esters is 1. The number of hydrogen-bond donors (Lipinski definition) is 1. The van der Waals surface area contributed by atoms with E-state index in [9.17, 15) is 19.2 Å². The molecular formula is C22H18N4O6S. The Bertz CT molecular complexity index is 1290. The molecule has 0 spiro atoms. The minimum atomic E-state index is -0.741. The van der Waals surface area contributed by atoms with Gasteiger partial charge in [0.25, 0.3) is 17.7 Å². The summed E-state index contributed by atoms with van der Waals surface area (Å²) in [6.45, 7) is 1.08. The second kappa shape index (κ2) is 8.87. The second-order valence-electron chi connectivity index (χ2n) is 7.05. The fraction of sp³-hybridized carbons (Fsp3) is 0.182. The first-order valence-electron chi connectivity index (χ1n) is 9.70. The van der Waals surface area contributed by atoms with Crippen LogP contribution in [-0.4, -0.2) is 58.5 Å². The van der Waals surface area contributed by atoms with E-state index in [1.54, 1.807) is 25.3 Å². The number of rotatable bonds is 6. The molecule has 3 aromatic rings. The van der Waals surface area contributed by atoms with E-state index in [1.165, 1.54) is 43.3 Å². The molecule has 3 heterocycles. The molecule has 0 bridgehead atoms. The van der Waals surface area contributed by atoms with Crippen molar-refractivity contribution in [1.29, 1.82) is 0 Å². The van der Waals surface area contributed by atoms with Gasteiger partial charge in [-0.15, -0.1) is 11.8 Å². The summed E-state index contributed by atoms with van der Waals surface area (Å²) < 4.78 is 10.5. The van der Waals surface area contributed by atoms with Crippen LogP contribution in [0.1, 0.15) is 36.8 Å². The van der Waals surface area contributed by atoms with Crippen LogP contribution in [0.25, 0.3) is 11.6 Å². The lowest BCUT2D eigenvalue weighted by molar-refractivity contribution is -0.119. The van der Waals surface area contributed by atoms with E-state index < -0.39 is 30.3 Å². The SMILES string of the molecule is CSc1nc(-c2ccco2)nc(C)c1C(=O)OCC(=O)Nc1ccc2c(c1)C(=O)N(C)C2=O. The van der Waals surface area contributed by atoms with Crippen LogP contribution in [0.4, 0.5) is 5.69 Å². The number of hydrogen-bond acceptors (Lipinski definition) is 9. The number of imide groups is 1. The number of fused-ring (bicyclic) bond motifs is 1. The van der Waals surface area contributed by atoms with Gasteiger partial charge in [-0.3, -0.25) is 19.3 Å². The van der Waals surface area contributed by atoms with Crippen LogP contribution in [0.2, 0.25) is 0 Å². The van der Waals surface area contributed by atoms with Gasteiger partial charge in [0.1, 0.15) is 10.6 Å². The number of amides is 3. The molecule has 168 valence electrons. The maximum atomic E-state index is 12.7. The number of thioether (sulfide) groups is 1. The summed E-state index contributed by atoms with van der Waals surface area (Å²) in [5.41, 5.74) is 1.32. The molecule has 10 nitrogen and oxygen atoms in total. The van der Waals surface area contributed by atoms with Crippen LogP contribution in [0, 0.1) is 6.92 Å². The Kier molecular flexibility index (Phi) is 5.97. The van der Waals surface area contributed by atoms with E-state index in [2.05, 4.69) is 15.3 Å². The van der Waals surface area contributed by atoms with Crippen LogP contribution in [0.3, 0.4) is 0 Å². The van der Waals surface area contributed by atoms with Crippen molar-refractivity contribution < 1.29 is 28.3 Å². The highest BCUT2D eigenvalue weighted by Crippen LogP contribution is 2.26. The van der Waals surface area contributed by atoms with Crippen LogP contribution >= 0.6 is 11.8 Å². The Morgan fingerprint density at radius 1 is 1.15 bits per heavy atom. The number of nitrogens with one attached hydrogen (secondary N) is 1. The number of aryl methyl sites for hydroxylation is 1. The largest absolute Gasteiger partial charge is 0.461 e. The Labute approximate surface area is 192 Å². The predicted molar refractivity (Wildman–Crippen MR) is 118 cm³/mol. The molecule has 2 aromatic heterocycles. The number of furan rings is 1. The van der Waals surface area contributed by atoms with Gasteiger partial charge in [0.05, 0.1) is 23.1 Å². The number of nitrogens with zero attached hydrogens (tertiary/aromatic N) is 3. The normalized spacial score (nSPS) is 12.6. The quantitative estimate of drug-likeness (QED) is 0.252. The molecule has 11 heteroatoms. The molecule has 0 fully saturated rings. The average Bonchev–Trinajstić information content (AvgIpc) is 3.41. The number of anilines is 1. The zero-order chi connectivity index (χ0) is 23.7. The van der Waals surface area contributed by atoms with Crippen molar-refractivity contribution in [2.75, 3.05) is 25.2 Å². The Morgan fingerprint density at radius 2 is 1.91 bits per heavy atom. The lowest BCUT2D eigenvalue weighted by Gasteiger charge is -2.11. The van der Waals surface area contributed by atoms with Crippen molar-refractivity contribution in [2.24, 2.45) is 0 Å². The van der Waals surface area contributed by atoms with Gasteiger partial charge in [-0.2, -0.15) is 0 Å². The Balaban J connectivity index is 1.44. The third-order valence-electron chi connectivity index (χ3n) is 4.90. The van der Waals surface area contributed by atoms with Gasteiger partial charge in [-0.1, -0.05) is 0 Å². The lowest BCUT2D eigenvalue weighted by Crippen LogP contribution is -2.24. The van der Waals surface area contributed by atoms with Crippen molar-refractivity contribution in [3.63, 3.8) is 0 Å². The molecule has 0 saturated heterocycles. The van der Waals surface area contributed by atoms with Crippen LogP contribution in [0.15, 0.2) is 46.0 Å². The smallest absolute Gasteiger partial charge is 0.343 e. The fourth-order valence-corrected chi connectivity index (χ4v) is 3.90. The fourth-order valence-electron chi connectivity index (χ4n) is 3.28. The molecular weight excluding hydrogens is 448 g/mol. The molecule has 0 saturated carbocycles. The molecule has 1 aliphatic heterocycles. The molecule has 0 aliphatic carbocycles. The first-order chi connectivity index (χ1) is 15.8. The van der Waals surface area contributed by atoms with E-state index in [0.29, 0.717) is 28.0 Å². The van der Waals surface area contributed by atoms with Crippen LogP contribution < -0.4 is 5.32 Å². The number of aromatic nitrogens is 2. The summed E-state index contributed by atoms with van der Waals surface area (Å²) in [7, 11) is 1.39. The Morgan fingerprint density at radius 3 is 2.61 bits per heavy atom. The molecule has 1 aliphatic rings. The maximum absolute atomic E-state index is 12.7. The third kappa shape index (κ3) is 4.22. The minimum absolute atomic E-state index is 0.162. The molecule has 1 N–H and O–H groups in total. The summed E-state index contributed by atoms with van der Waals surface area (Å²) >= 11 is 1.24. The number of ether oxygens (including phenoxy) is 1. The number of carbonyl (C=O) groups excluding carboxylic acids is 4. The maximum Gasteiger partial charge on any atom is 0.343 e. The van der Waals surface area contributed by atoms with Gasteiger partial charge in [0.15, 0.2) is 18.2 Å². The topological polar surface area (TPSA) is 132 Å². The first-order valence-corrected chi connectivity index (χ1v) is 10.9. The lowest BCUT2D eigenvalue weighted by atomic mass is 10.1. The van der Waals surface area contributed by atoms with Gasteiger partial charge in [0.2, 0.25) is 0 Å². The summed E-state index contributed by atoms with van der Waals surface area (Å²) in [6, 6.07) is 7.80. The van der Waals surface area contributed by atoms with Gasteiger partial charge >= 0.3 is 5.97 Å². The molecule has 0 unspecified atom stereocenters. The summed E-state index contributed by atoms with van der Waals surface area (Å²) in [5.74, 6) is -1.39. The van der Waals surface area contributed by atoms with Gasteiger partial charge in [-0.05, 0) is 43.5 Å². The summed E-state index contributed by atoms with van der Waals surface area (Å²) in [6.07, 6.45) is 3.26. The van der Waals surface area contributed by atoms with Gasteiger partial charge < -0.3 is 14.5 Å². The zero-order valence-corrected chi connectivity index (χ0v) is 18.7. The van der Waals surface area contributed by atoms with Gasteiger partial charge in [-0.25, -0.2) is 14.8 Å². The van der Waals surface area contributed by atoms with Crippen molar-refractivity contribution in [3.8, 4) is 11.6 Å². The number of benzene rings is 1. The van der Waals surface area contributed by atoms with Crippen molar-refractivity contribution in [2.45, 2.75) is 11.9 Å². The van der Waals surface area contributed by atoms with E-state index in [4.69, 9.17) is 9.15 Å².